The van der Waals surface area contributed by atoms with Crippen molar-refractivity contribution >= 4 is 0 Å². The molecule has 0 bridgehead atoms. The Hall–Kier alpha value is -0.250. The summed E-state index contributed by atoms with van der Waals surface area (Å²) in [6, 6.07) is 0. The van der Waals surface area contributed by atoms with Crippen molar-refractivity contribution < 1.29 is 13.2 Å². The van der Waals surface area contributed by atoms with Crippen LogP contribution in [0.2, 0.25) is 0 Å². The van der Waals surface area contributed by atoms with Gasteiger partial charge in [0.05, 0.1) is 5.92 Å². The molecular formula is C8H14F3N. The lowest BCUT2D eigenvalue weighted by Crippen LogP contribution is -2.24. The van der Waals surface area contributed by atoms with Gasteiger partial charge in [0.25, 0.3) is 0 Å². The maximum Gasteiger partial charge on any atom is 0.391 e. The number of rotatable bonds is 0. The fourth-order valence-electron chi connectivity index (χ4n) is 1.61. The van der Waals surface area contributed by atoms with E-state index in [4.69, 9.17) is 0 Å². The minimum atomic E-state index is -4.00. The Balaban J connectivity index is 2.52. The van der Waals surface area contributed by atoms with Gasteiger partial charge in [-0.25, -0.2) is 0 Å². The van der Waals surface area contributed by atoms with Crippen LogP contribution in [0, 0.1) is 11.8 Å². The summed E-state index contributed by atoms with van der Waals surface area (Å²) in [5.41, 5.74) is 0. The van der Waals surface area contributed by atoms with E-state index in [2.05, 4.69) is 5.32 Å². The molecule has 1 rings (SSSR count). The van der Waals surface area contributed by atoms with Gasteiger partial charge in [0.15, 0.2) is 0 Å². The zero-order chi connectivity index (χ0) is 9.19. The summed E-state index contributed by atoms with van der Waals surface area (Å²) in [6.45, 7) is 3.07. The Morgan fingerprint density at radius 1 is 1.33 bits per heavy atom. The van der Waals surface area contributed by atoms with Gasteiger partial charge in [-0.15, -0.1) is 0 Å². The highest BCUT2D eigenvalue weighted by molar-refractivity contribution is 4.75. The molecule has 0 spiro atoms. The molecule has 0 amide bonds. The van der Waals surface area contributed by atoms with Gasteiger partial charge in [0.1, 0.15) is 0 Å². The molecule has 1 fully saturated rings. The number of alkyl halides is 3. The van der Waals surface area contributed by atoms with E-state index in [-0.39, 0.29) is 18.8 Å². The lowest BCUT2D eigenvalue weighted by molar-refractivity contribution is -0.178. The van der Waals surface area contributed by atoms with E-state index < -0.39 is 12.1 Å². The van der Waals surface area contributed by atoms with Gasteiger partial charge in [-0.2, -0.15) is 13.2 Å². The number of hydrogen-bond donors (Lipinski definition) is 1. The number of halogens is 3. The maximum atomic E-state index is 12.3. The quantitative estimate of drug-likeness (QED) is 0.604. The van der Waals surface area contributed by atoms with Crippen molar-refractivity contribution in [1.82, 2.24) is 5.32 Å². The fourth-order valence-corrected chi connectivity index (χ4v) is 1.61. The lowest BCUT2D eigenvalue weighted by Gasteiger charge is -2.19. The van der Waals surface area contributed by atoms with Crippen molar-refractivity contribution in [1.29, 1.82) is 0 Å². The molecule has 1 heterocycles. The van der Waals surface area contributed by atoms with Crippen LogP contribution in [0.3, 0.4) is 0 Å². The second-order valence-electron chi connectivity index (χ2n) is 3.57. The van der Waals surface area contributed by atoms with Crippen LogP contribution in [0.25, 0.3) is 0 Å². The molecule has 0 radical (unpaired) electrons. The predicted molar refractivity (Wildman–Crippen MR) is 40.8 cm³/mol. The predicted octanol–water partition coefficient (Wildman–Crippen LogP) is 2.18. The first kappa shape index (κ1) is 9.84. The van der Waals surface area contributed by atoms with Gasteiger partial charge >= 0.3 is 6.18 Å². The van der Waals surface area contributed by atoms with Gasteiger partial charge < -0.3 is 5.32 Å². The Bertz CT molecular complexity index is 144. The monoisotopic (exact) mass is 181 g/mol. The molecule has 2 unspecified atom stereocenters. The first-order valence-corrected chi connectivity index (χ1v) is 4.27. The zero-order valence-electron chi connectivity index (χ0n) is 7.12. The Kier molecular flexibility index (Phi) is 2.99. The van der Waals surface area contributed by atoms with E-state index >= 15 is 0 Å². The van der Waals surface area contributed by atoms with Crippen LogP contribution in [-0.4, -0.2) is 19.3 Å². The molecule has 1 N–H and O–H groups in total. The van der Waals surface area contributed by atoms with E-state index in [9.17, 15) is 13.2 Å². The molecule has 0 aliphatic carbocycles. The summed E-state index contributed by atoms with van der Waals surface area (Å²) in [4.78, 5) is 0. The summed E-state index contributed by atoms with van der Waals surface area (Å²) >= 11 is 0. The van der Waals surface area contributed by atoms with Crippen LogP contribution in [0.5, 0.6) is 0 Å². The molecule has 0 saturated carbocycles. The highest BCUT2D eigenvalue weighted by atomic mass is 19.4. The van der Waals surface area contributed by atoms with Crippen molar-refractivity contribution in [3.05, 3.63) is 0 Å². The highest BCUT2D eigenvalue weighted by Crippen LogP contribution is 2.34. The second kappa shape index (κ2) is 3.64. The molecule has 1 aliphatic rings. The first-order chi connectivity index (χ1) is 5.50. The summed E-state index contributed by atoms with van der Waals surface area (Å²) in [7, 11) is 0. The van der Waals surface area contributed by atoms with Gasteiger partial charge in [0, 0.05) is 0 Å². The second-order valence-corrected chi connectivity index (χ2v) is 3.57. The third-order valence-corrected chi connectivity index (χ3v) is 2.31. The average Bonchev–Trinajstić information content (AvgIpc) is 2.11. The van der Waals surface area contributed by atoms with Gasteiger partial charge in [-0.1, -0.05) is 6.92 Å². The fraction of sp³-hybridized carbons (Fsp3) is 1.00. The van der Waals surface area contributed by atoms with Crippen LogP contribution in [0.1, 0.15) is 19.8 Å². The molecule has 1 nitrogen and oxygen atoms in total. The summed E-state index contributed by atoms with van der Waals surface area (Å²) in [5, 5.41) is 3.00. The summed E-state index contributed by atoms with van der Waals surface area (Å²) in [5.74, 6) is -0.957. The van der Waals surface area contributed by atoms with Crippen molar-refractivity contribution in [2.24, 2.45) is 11.8 Å². The molecule has 4 heteroatoms. The molecule has 0 aromatic rings. The van der Waals surface area contributed by atoms with E-state index in [1.165, 1.54) is 0 Å². The Morgan fingerprint density at radius 3 is 2.58 bits per heavy atom. The van der Waals surface area contributed by atoms with Crippen LogP contribution in [0.15, 0.2) is 0 Å². The molecule has 0 aromatic carbocycles. The number of nitrogens with one attached hydrogen (secondary N) is 1. The molecule has 1 aliphatic heterocycles. The van der Waals surface area contributed by atoms with Gasteiger partial charge in [0.2, 0.25) is 0 Å². The highest BCUT2D eigenvalue weighted by Gasteiger charge is 2.40. The van der Waals surface area contributed by atoms with Crippen molar-refractivity contribution in [3.63, 3.8) is 0 Å². The minimum Gasteiger partial charge on any atom is -0.316 e. The molecule has 1 saturated heterocycles. The smallest absolute Gasteiger partial charge is 0.316 e. The van der Waals surface area contributed by atoms with Crippen LogP contribution in [0.4, 0.5) is 13.2 Å². The summed E-state index contributed by atoms with van der Waals surface area (Å²) in [6.07, 6.45) is -3.50. The van der Waals surface area contributed by atoms with Crippen LogP contribution in [-0.2, 0) is 0 Å². The minimum absolute atomic E-state index is 0.138. The van der Waals surface area contributed by atoms with E-state index in [0.29, 0.717) is 13.1 Å². The van der Waals surface area contributed by atoms with Crippen molar-refractivity contribution in [2.45, 2.75) is 25.9 Å². The Morgan fingerprint density at radius 2 is 2.00 bits per heavy atom. The largest absolute Gasteiger partial charge is 0.391 e. The van der Waals surface area contributed by atoms with Crippen LogP contribution < -0.4 is 5.32 Å². The third-order valence-electron chi connectivity index (χ3n) is 2.31. The molecule has 72 valence electrons. The van der Waals surface area contributed by atoms with Crippen molar-refractivity contribution in [3.8, 4) is 0 Å². The zero-order valence-corrected chi connectivity index (χ0v) is 7.12. The van der Waals surface area contributed by atoms with E-state index in [1.807, 2.05) is 6.92 Å². The SMILES string of the molecule is CC1CNCCC(C(F)(F)F)C1. The van der Waals surface area contributed by atoms with Crippen molar-refractivity contribution in [2.75, 3.05) is 13.1 Å². The first-order valence-electron chi connectivity index (χ1n) is 4.27. The molecule has 2 atom stereocenters. The Labute approximate surface area is 70.3 Å². The maximum absolute atomic E-state index is 12.3. The number of hydrogen-bond acceptors (Lipinski definition) is 1. The van der Waals surface area contributed by atoms with E-state index in [1.54, 1.807) is 0 Å². The lowest BCUT2D eigenvalue weighted by atomic mass is 9.94. The van der Waals surface area contributed by atoms with Gasteiger partial charge in [-0.3, -0.25) is 0 Å². The van der Waals surface area contributed by atoms with Gasteiger partial charge in [-0.05, 0) is 31.8 Å². The topological polar surface area (TPSA) is 12.0 Å². The van der Waals surface area contributed by atoms with Crippen LogP contribution >= 0.6 is 0 Å². The summed E-state index contributed by atoms with van der Waals surface area (Å²) < 4.78 is 36.8. The van der Waals surface area contributed by atoms with E-state index in [0.717, 1.165) is 0 Å². The molecule has 0 aromatic heterocycles. The third kappa shape index (κ3) is 2.66. The average molecular weight is 181 g/mol. The standard InChI is InChI=1S/C8H14F3N/c1-6-4-7(8(9,10)11)2-3-12-5-6/h6-7,12H,2-5H2,1H3. The molecule has 12 heavy (non-hydrogen) atoms. The normalized spacial score (nSPS) is 33.0. The molecular weight excluding hydrogens is 167 g/mol.